The van der Waals surface area contributed by atoms with Crippen molar-refractivity contribution in [2.45, 2.75) is 32.6 Å². The van der Waals surface area contributed by atoms with Crippen molar-refractivity contribution in [3.05, 3.63) is 0 Å². The number of hydrogen-bond acceptors (Lipinski definition) is 3. The molecule has 0 bridgehead atoms. The molecule has 17 heavy (non-hydrogen) atoms. The smallest absolute Gasteiger partial charge is 0.279 e. The molecule has 0 spiro atoms. The lowest BCUT2D eigenvalue weighted by Crippen LogP contribution is -2.45. The Balaban J connectivity index is 2.33. The van der Waals surface area contributed by atoms with Crippen molar-refractivity contribution in [1.29, 1.82) is 0 Å². The fourth-order valence-corrected chi connectivity index (χ4v) is 3.20. The standard InChI is InChI=1S/C10H21N3O2S2/c1-9-4-7-13(8-5-9)17(14,15)12-6-2-3-10(11)16/h9,12H,2-8H2,1H3,(H2,11,16). The lowest BCUT2D eigenvalue weighted by atomic mass is 10.0. The molecule has 5 nitrogen and oxygen atoms in total. The van der Waals surface area contributed by atoms with Crippen LogP contribution in [-0.2, 0) is 10.2 Å². The van der Waals surface area contributed by atoms with Crippen LogP contribution >= 0.6 is 12.2 Å². The molecule has 1 fully saturated rings. The van der Waals surface area contributed by atoms with Crippen LogP contribution in [0.3, 0.4) is 0 Å². The Morgan fingerprint density at radius 2 is 2.06 bits per heavy atom. The molecule has 0 saturated carbocycles. The maximum Gasteiger partial charge on any atom is 0.279 e. The van der Waals surface area contributed by atoms with Crippen LogP contribution < -0.4 is 10.5 Å². The van der Waals surface area contributed by atoms with Crippen LogP contribution in [0.15, 0.2) is 0 Å². The van der Waals surface area contributed by atoms with Crippen molar-refractivity contribution in [2.75, 3.05) is 19.6 Å². The number of thiocarbonyl (C=S) groups is 1. The Morgan fingerprint density at radius 1 is 1.47 bits per heavy atom. The molecule has 0 aromatic heterocycles. The van der Waals surface area contributed by atoms with E-state index >= 15 is 0 Å². The highest BCUT2D eigenvalue weighted by atomic mass is 32.2. The van der Waals surface area contributed by atoms with Gasteiger partial charge in [0.05, 0.1) is 4.99 Å². The van der Waals surface area contributed by atoms with Gasteiger partial charge in [0.2, 0.25) is 0 Å². The van der Waals surface area contributed by atoms with E-state index in [1.54, 1.807) is 0 Å². The van der Waals surface area contributed by atoms with Crippen LogP contribution in [0.5, 0.6) is 0 Å². The first-order chi connectivity index (χ1) is 7.92. The van der Waals surface area contributed by atoms with Crippen molar-refractivity contribution < 1.29 is 8.42 Å². The van der Waals surface area contributed by atoms with E-state index in [2.05, 4.69) is 11.6 Å². The highest BCUT2D eigenvalue weighted by Crippen LogP contribution is 2.17. The zero-order valence-corrected chi connectivity index (χ0v) is 11.8. The highest BCUT2D eigenvalue weighted by molar-refractivity contribution is 7.87. The number of nitrogens with one attached hydrogen (secondary N) is 1. The van der Waals surface area contributed by atoms with Gasteiger partial charge in [-0.25, -0.2) is 4.72 Å². The van der Waals surface area contributed by atoms with Gasteiger partial charge in [-0.2, -0.15) is 12.7 Å². The van der Waals surface area contributed by atoms with Gasteiger partial charge in [-0.05, 0) is 31.6 Å². The van der Waals surface area contributed by atoms with E-state index in [4.69, 9.17) is 18.0 Å². The molecule has 0 aromatic rings. The van der Waals surface area contributed by atoms with Gasteiger partial charge in [-0.15, -0.1) is 0 Å². The number of rotatable bonds is 6. The van der Waals surface area contributed by atoms with E-state index < -0.39 is 10.2 Å². The lowest BCUT2D eigenvalue weighted by Gasteiger charge is -2.29. The molecule has 0 aromatic carbocycles. The summed E-state index contributed by atoms with van der Waals surface area (Å²) < 4.78 is 27.9. The number of piperidine rings is 1. The van der Waals surface area contributed by atoms with Gasteiger partial charge in [-0.3, -0.25) is 0 Å². The summed E-state index contributed by atoms with van der Waals surface area (Å²) in [6.07, 6.45) is 3.11. The molecule has 1 aliphatic rings. The van der Waals surface area contributed by atoms with Crippen molar-refractivity contribution in [1.82, 2.24) is 9.03 Å². The molecule has 0 aliphatic carbocycles. The van der Waals surface area contributed by atoms with Crippen LogP contribution in [0, 0.1) is 5.92 Å². The van der Waals surface area contributed by atoms with Gasteiger partial charge >= 0.3 is 0 Å². The Morgan fingerprint density at radius 3 is 2.59 bits per heavy atom. The topological polar surface area (TPSA) is 75.4 Å². The summed E-state index contributed by atoms with van der Waals surface area (Å²) >= 11 is 4.73. The zero-order valence-electron chi connectivity index (χ0n) is 10.2. The number of nitrogens with zero attached hydrogens (tertiary/aromatic N) is 1. The molecule has 1 aliphatic heterocycles. The second-order valence-electron chi connectivity index (χ2n) is 4.55. The quantitative estimate of drug-likeness (QED) is 0.552. The number of nitrogens with two attached hydrogens (primary N) is 1. The Labute approximate surface area is 109 Å². The van der Waals surface area contributed by atoms with Crippen LogP contribution in [0.4, 0.5) is 0 Å². The lowest BCUT2D eigenvalue weighted by molar-refractivity contribution is 0.285. The minimum atomic E-state index is -3.31. The van der Waals surface area contributed by atoms with Crippen LogP contribution in [0.25, 0.3) is 0 Å². The van der Waals surface area contributed by atoms with Crippen LogP contribution in [0.2, 0.25) is 0 Å². The number of hydrogen-bond donors (Lipinski definition) is 2. The van der Waals surface area contributed by atoms with Gasteiger partial charge in [0, 0.05) is 19.6 Å². The minimum Gasteiger partial charge on any atom is -0.393 e. The Kier molecular flexibility index (Phi) is 5.78. The third-order valence-corrected chi connectivity index (χ3v) is 4.78. The molecule has 0 radical (unpaired) electrons. The fourth-order valence-electron chi connectivity index (χ4n) is 1.78. The van der Waals surface area contributed by atoms with E-state index in [1.807, 2.05) is 0 Å². The summed E-state index contributed by atoms with van der Waals surface area (Å²) in [5.74, 6) is 0.621. The maximum atomic E-state index is 11.9. The summed E-state index contributed by atoms with van der Waals surface area (Å²) in [7, 11) is -3.31. The Bertz CT molecular complexity index is 349. The van der Waals surface area contributed by atoms with Crippen LogP contribution in [0.1, 0.15) is 32.6 Å². The summed E-state index contributed by atoms with van der Waals surface area (Å²) in [6, 6.07) is 0. The molecular formula is C10H21N3O2S2. The van der Waals surface area contributed by atoms with E-state index in [0.29, 0.717) is 43.4 Å². The SMILES string of the molecule is CC1CCN(S(=O)(=O)NCCCC(N)=S)CC1. The Hall–Kier alpha value is -0.240. The van der Waals surface area contributed by atoms with Gasteiger partial charge in [0.25, 0.3) is 10.2 Å². The first-order valence-corrected chi connectivity index (χ1v) is 7.79. The van der Waals surface area contributed by atoms with Gasteiger partial charge in [0.1, 0.15) is 0 Å². The minimum absolute atomic E-state index is 0.395. The van der Waals surface area contributed by atoms with E-state index in [-0.39, 0.29) is 0 Å². The van der Waals surface area contributed by atoms with Gasteiger partial charge in [0.15, 0.2) is 0 Å². The second kappa shape index (κ2) is 6.63. The van der Waals surface area contributed by atoms with Crippen molar-refractivity contribution >= 4 is 27.4 Å². The molecule has 1 rings (SSSR count). The average Bonchev–Trinajstić information content (AvgIpc) is 2.25. The van der Waals surface area contributed by atoms with Gasteiger partial charge < -0.3 is 5.73 Å². The van der Waals surface area contributed by atoms with Crippen LogP contribution in [-0.4, -0.2) is 37.3 Å². The molecule has 3 N–H and O–H groups in total. The first-order valence-electron chi connectivity index (χ1n) is 5.95. The second-order valence-corrected chi connectivity index (χ2v) is 6.83. The normalized spacial score (nSPS) is 19.4. The third-order valence-electron chi connectivity index (χ3n) is 2.97. The molecule has 0 amide bonds. The molecule has 100 valence electrons. The largest absolute Gasteiger partial charge is 0.393 e. The molecule has 1 heterocycles. The van der Waals surface area contributed by atoms with E-state index in [9.17, 15) is 8.42 Å². The van der Waals surface area contributed by atoms with Crippen molar-refractivity contribution in [2.24, 2.45) is 11.7 Å². The first kappa shape index (κ1) is 14.8. The molecule has 0 atom stereocenters. The molecule has 1 saturated heterocycles. The van der Waals surface area contributed by atoms with E-state index in [0.717, 1.165) is 12.8 Å². The monoisotopic (exact) mass is 279 g/mol. The fraction of sp³-hybridized carbons (Fsp3) is 0.900. The molecule has 0 unspecified atom stereocenters. The third kappa shape index (κ3) is 5.29. The predicted octanol–water partition coefficient (Wildman–Crippen LogP) is 0.619. The highest BCUT2D eigenvalue weighted by Gasteiger charge is 2.25. The van der Waals surface area contributed by atoms with Crippen molar-refractivity contribution in [3.8, 4) is 0 Å². The maximum absolute atomic E-state index is 11.9. The average molecular weight is 279 g/mol. The molecule has 7 heteroatoms. The van der Waals surface area contributed by atoms with E-state index in [1.165, 1.54) is 4.31 Å². The van der Waals surface area contributed by atoms with Crippen molar-refractivity contribution in [3.63, 3.8) is 0 Å². The predicted molar refractivity (Wildman–Crippen MR) is 72.9 cm³/mol. The summed E-state index contributed by atoms with van der Waals surface area (Å²) in [5.41, 5.74) is 5.34. The summed E-state index contributed by atoms with van der Waals surface area (Å²) in [5, 5.41) is 0. The molecular weight excluding hydrogens is 258 g/mol. The van der Waals surface area contributed by atoms with Gasteiger partial charge in [-0.1, -0.05) is 19.1 Å². The summed E-state index contributed by atoms with van der Waals surface area (Å²) in [4.78, 5) is 0.427. The summed E-state index contributed by atoms with van der Waals surface area (Å²) in [6.45, 7) is 3.78. The zero-order chi connectivity index (χ0) is 12.9.